The zero-order chi connectivity index (χ0) is 11.1. The molecule has 6 heteroatoms. The highest BCUT2D eigenvalue weighted by molar-refractivity contribution is 9.09. The molecule has 14 heavy (non-hydrogen) atoms. The van der Waals surface area contributed by atoms with Gasteiger partial charge in [-0.05, 0) is 13.8 Å². The minimum atomic E-state index is -1.14. The lowest BCUT2D eigenvalue weighted by Gasteiger charge is -2.09. The topological polar surface area (TPSA) is 69.7 Å². The molecular formula is C8H11BrO5. The molecule has 0 aliphatic carbocycles. The van der Waals surface area contributed by atoms with Gasteiger partial charge in [0.2, 0.25) is 0 Å². The van der Waals surface area contributed by atoms with Gasteiger partial charge in [-0.1, -0.05) is 15.9 Å². The molecule has 0 N–H and O–H groups in total. The SMILES string of the molecule is CCOC(=O)C(=O)OC(C)C(=O)CBr. The van der Waals surface area contributed by atoms with Gasteiger partial charge in [0, 0.05) is 0 Å². The van der Waals surface area contributed by atoms with Crippen LogP contribution in [0.3, 0.4) is 0 Å². The number of rotatable bonds is 4. The number of ether oxygens (including phenoxy) is 2. The van der Waals surface area contributed by atoms with Gasteiger partial charge in [0.15, 0.2) is 11.9 Å². The molecule has 0 heterocycles. The van der Waals surface area contributed by atoms with E-state index in [0.717, 1.165) is 0 Å². The van der Waals surface area contributed by atoms with Gasteiger partial charge in [0.1, 0.15) is 0 Å². The van der Waals surface area contributed by atoms with Crippen LogP contribution in [0.5, 0.6) is 0 Å². The fourth-order valence-corrected chi connectivity index (χ4v) is 1.03. The molecule has 0 bridgehead atoms. The predicted octanol–water partition coefficient (Wildman–Crippen LogP) is 0.445. The van der Waals surface area contributed by atoms with Crippen LogP contribution in [0, 0.1) is 0 Å². The van der Waals surface area contributed by atoms with Crippen molar-refractivity contribution in [3.8, 4) is 0 Å². The Labute approximate surface area is 89.9 Å². The maximum atomic E-state index is 11.0. The maximum absolute atomic E-state index is 11.0. The molecule has 0 saturated carbocycles. The second kappa shape index (κ2) is 6.53. The summed E-state index contributed by atoms with van der Waals surface area (Å²) in [6.07, 6.45) is -0.939. The van der Waals surface area contributed by atoms with Crippen LogP contribution in [0.25, 0.3) is 0 Å². The minimum Gasteiger partial charge on any atom is -0.458 e. The van der Waals surface area contributed by atoms with Crippen LogP contribution in [-0.2, 0) is 23.9 Å². The van der Waals surface area contributed by atoms with E-state index in [1.807, 2.05) is 0 Å². The Morgan fingerprint density at radius 2 is 1.86 bits per heavy atom. The standard InChI is InChI=1S/C8H11BrO5/c1-3-13-7(11)8(12)14-5(2)6(10)4-9/h5H,3-4H2,1-2H3. The van der Waals surface area contributed by atoms with Crippen molar-refractivity contribution in [2.24, 2.45) is 0 Å². The number of carbonyl (C=O) groups is 3. The Bertz CT molecular complexity index is 238. The van der Waals surface area contributed by atoms with E-state index < -0.39 is 18.0 Å². The third kappa shape index (κ3) is 4.36. The van der Waals surface area contributed by atoms with Crippen molar-refractivity contribution in [1.82, 2.24) is 0 Å². The second-order valence-corrected chi connectivity index (χ2v) is 2.93. The average Bonchev–Trinajstić information content (AvgIpc) is 2.16. The van der Waals surface area contributed by atoms with Crippen LogP contribution in [0.4, 0.5) is 0 Å². The first-order valence-electron chi connectivity index (χ1n) is 3.99. The molecule has 0 radical (unpaired) electrons. The van der Waals surface area contributed by atoms with Gasteiger partial charge in [0.25, 0.3) is 0 Å². The van der Waals surface area contributed by atoms with Crippen LogP contribution in [0.2, 0.25) is 0 Å². The number of esters is 2. The monoisotopic (exact) mass is 266 g/mol. The van der Waals surface area contributed by atoms with Gasteiger partial charge in [0.05, 0.1) is 11.9 Å². The highest BCUT2D eigenvalue weighted by atomic mass is 79.9. The molecule has 0 aliphatic heterocycles. The van der Waals surface area contributed by atoms with Crippen LogP contribution >= 0.6 is 15.9 Å². The first-order chi connectivity index (χ1) is 6.52. The molecule has 1 unspecified atom stereocenters. The zero-order valence-corrected chi connectivity index (χ0v) is 9.50. The highest BCUT2D eigenvalue weighted by Gasteiger charge is 2.22. The van der Waals surface area contributed by atoms with Crippen molar-refractivity contribution in [3.63, 3.8) is 0 Å². The van der Waals surface area contributed by atoms with E-state index in [1.54, 1.807) is 6.92 Å². The van der Waals surface area contributed by atoms with Crippen LogP contribution in [0.15, 0.2) is 0 Å². The summed E-state index contributed by atoms with van der Waals surface area (Å²) in [4.78, 5) is 32.6. The summed E-state index contributed by atoms with van der Waals surface area (Å²) in [5.41, 5.74) is 0. The first kappa shape index (κ1) is 13.1. The fraction of sp³-hybridized carbons (Fsp3) is 0.625. The molecule has 80 valence electrons. The molecule has 0 rings (SSSR count). The summed E-state index contributed by atoms with van der Waals surface area (Å²) < 4.78 is 8.91. The number of alkyl halides is 1. The Balaban J connectivity index is 4.05. The summed E-state index contributed by atoms with van der Waals surface area (Å²) >= 11 is 2.92. The van der Waals surface area contributed by atoms with Gasteiger partial charge in [-0.25, -0.2) is 9.59 Å². The molecule has 1 atom stereocenters. The van der Waals surface area contributed by atoms with E-state index in [0.29, 0.717) is 0 Å². The first-order valence-corrected chi connectivity index (χ1v) is 5.11. The smallest absolute Gasteiger partial charge is 0.418 e. The summed E-state index contributed by atoms with van der Waals surface area (Å²) in [7, 11) is 0. The van der Waals surface area contributed by atoms with E-state index in [-0.39, 0.29) is 17.7 Å². The number of ketones is 1. The van der Waals surface area contributed by atoms with E-state index >= 15 is 0 Å². The Kier molecular flexibility index (Phi) is 6.11. The van der Waals surface area contributed by atoms with Gasteiger partial charge in [-0.15, -0.1) is 0 Å². The van der Waals surface area contributed by atoms with Crippen LogP contribution in [0.1, 0.15) is 13.8 Å². The van der Waals surface area contributed by atoms with Crippen molar-refractivity contribution in [1.29, 1.82) is 0 Å². The zero-order valence-electron chi connectivity index (χ0n) is 7.91. The molecule has 0 aromatic carbocycles. The number of carbonyl (C=O) groups excluding carboxylic acids is 3. The van der Waals surface area contributed by atoms with E-state index in [1.165, 1.54) is 6.92 Å². The largest absolute Gasteiger partial charge is 0.458 e. The molecule has 0 spiro atoms. The molecule has 0 aromatic heterocycles. The van der Waals surface area contributed by atoms with E-state index in [9.17, 15) is 14.4 Å². The van der Waals surface area contributed by atoms with Gasteiger partial charge >= 0.3 is 11.9 Å². The molecule has 0 aliphatic rings. The highest BCUT2D eigenvalue weighted by Crippen LogP contribution is 1.98. The lowest BCUT2D eigenvalue weighted by molar-refractivity contribution is -0.171. The third-order valence-electron chi connectivity index (χ3n) is 1.31. The van der Waals surface area contributed by atoms with Crippen molar-refractivity contribution < 1.29 is 23.9 Å². The summed E-state index contributed by atoms with van der Waals surface area (Å²) in [5.74, 6) is -2.54. The van der Waals surface area contributed by atoms with Gasteiger partial charge in [-0.3, -0.25) is 4.79 Å². The molecule has 0 amide bonds. The fourth-order valence-electron chi connectivity index (χ4n) is 0.573. The lowest BCUT2D eigenvalue weighted by Crippen LogP contribution is -2.30. The third-order valence-corrected chi connectivity index (χ3v) is 1.86. The van der Waals surface area contributed by atoms with Crippen molar-refractivity contribution in [2.45, 2.75) is 20.0 Å². The summed E-state index contributed by atoms with van der Waals surface area (Å²) in [6.45, 7) is 3.05. The molecule has 0 aromatic rings. The minimum absolute atomic E-state index is 0.0737. The van der Waals surface area contributed by atoms with E-state index in [2.05, 4.69) is 25.4 Å². The summed E-state index contributed by atoms with van der Waals surface area (Å²) in [6, 6.07) is 0. The lowest BCUT2D eigenvalue weighted by atomic mass is 10.3. The molecule has 0 saturated heterocycles. The normalized spacial score (nSPS) is 11.6. The van der Waals surface area contributed by atoms with Crippen molar-refractivity contribution >= 4 is 33.7 Å². The number of hydrogen-bond donors (Lipinski definition) is 0. The average molecular weight is 267 g/mol. The van der Waals surface area contributed by atoms with Crippen molar-refractivity contribution in [3.05, 3.63) is 0 Å². The van der Waals surface area contributed by atoms with Crippen LogP contribution in [-0.4, -0.2) is 35.8 Å². The Morgan fingerprint density at radius 1 is 1.29 bits per heavy atom. The van der Waals surface area contributed by atoms with Gasteiger partial charge in [-0.2, -0.15) is 0 Å². The maximum Gasteiger partial charge on any atom is 0.418 e. The van der Waals surface area contributed by atoms with Crippen molar-refractivity contribution in [2.75, 3.05) is 11.9 Å². The quantitative estimate of drug-likeness (QED) is 0.420. The Hall–Kier alpha value is -0.910. The summed E-state index contributed by atoms with van der Waals surface area (Å²) in [5, 5.41) is 0.0737. The van der Waals surface area contributed by atoms with Gasteiger partial charge < -0.3 is 9.47 Å². The predicted molar refractivity (Wildman–Crippen MR) is 51.0 cm³/mol. The number of hydrogen-bond acceptors (Lipinski definition) is 5. The number of halogens is 1. The number of Topliss-reactive ketones (excluding diaryl/α,β-unsaturated/α-hetero) is 1. The second-order valence-electron chi connectivity index (χ2n) is 2.37. The van der Waals surface area contributed by atoms with Crippen LogP contribution < -0.4 is 0 Å². The molecule has 0 fully saturated rings. The molecule has 5 nitrogen and oxygen atoms in total. The Morgan fingerprint density at radius 3 is 2.29 bits per heavy atom. The van der Waals surface area contributed by atoms with E-state index in [4.69, 9.17) is 0 Å². The molecular weight excluding hydrogens is 256 g/mol.